The number of hydrogen-bond acceptors (Lipinski definition) is 1. The Balaban J connectivity index is 2.80. The molecular weight excluding hydrogens is 170 g/mol. The maximum Gasteiger partial charge on any atom is 0.127 e. The highest BCUT2D eigenvalue weighted by Crippen LogP contribution is 2.21. The molecule has 0 aromatic heterocycles. The molecule has 1 aromatic carbocycles. The molecule has 0 bridgehead atoms. The predicted octanol–water partition coefficient (Wildman–Crippen LogP) is 2.92. The molecule has 0 aliphatic rings. The van der Waals surface area contributed by atoms with Crippen molar-refractivity contribution in [3.05, 3.63) is 35.9 Å². The lowest BCUT2D eigenvalue weighted by molar-refractivity contribution is 0.796. The Bertz CT molecular complexity index is 276. The lowest BCUT2D eigenvalue weighted by Gasteiger charge is -2.11. The van der Waals surface area contributed by atoms with E-state index in [4.69, 9.17) is 16.9 Å². The van der Waals surface area contributed by atoms with Gasteiger partial charge in [0.1, 0.15) is 5.38 Å². The number of benzene rings is 1. The van der Waals surface area contributed by atoms with E-state index in [2.05, 4.69) is 0 Å². The summed E-state index contributed by atoms with van der Waals surface area (Å²) in [4.78, 5) is 0. The largest absolute Gasteiger partial charge is 0.197 e. The van der Waals surface area contributed by atoms with Crippen molar-refractivity contribution in [3.63, 3.8) is 0 Å². The van der Waals surface area contributed by atoms with E-state index in [-0.39, 0.29) is 5.92 Å². The smallest absolute Gasteiger partial charge is 0.127 e. The molecule has 1 aromatic rings. The van der Waals surface area contributed by atoms with E-state index < -0.39 is 5.38 Å². The van der Waals surface area contributed by atoms with Crippen LogP contribution in [0, 0.1) is 11.3 Å². The van der Waals surface area contributed by atoms with E-state index in [9.17, 15) is 0 Å². The van der Waals surface area contributed by atoms with Crippen LogP contribution in [0.15, 0.2) is 30.3 Å². The fourth-order valence-electron chi connectivity index (χ4n) is 1.04. The van der Waals surface area contributed by atoms with Crippen LogP contribution in [-0.4, -0.2) is 5.38 Å². The Kier molecular flexibility index (Phi) is 3.13. The highest BCUT2D eigenvalue weighted by Gasteiger charge is 2.14. The molecule has 0 aliphatic heterocycles. The number of nitriles is 1. The summed E-state index contributed by atoms with van der Waals surface area (Å²) in [5, 5.41) is 8.15. The molecule has 0 radical (unpaired) electrons. The van der Waals surface area contributed by atoms with Gasteiger partial charge in [-0.1, -0.05) is 37.3 Å². The SMILES string of the molecule is CC(c1ccccc1)C(Cl)C#N. The summed E-state index contributed by atoms with van der Waals surface area (Å²) in [5.41, 5.74) is 1.11. The van der Waals surface area contributed by atoms with Gasteiger partial charge in [0, 0.05) is 5.92 Å². The molecule has 62 valence electrons. The minimum absolute atomic E-state index is 0.0952. The van der Waals surface area contributed by atoms with Crippen LogP contribution in [0.3, 0.4) is 0 Å². The van der Waals surface area contributed by atoms with E-state index >= 15 is 0 Å². The van der Waals surface area contributed by atoms with Gasteiger partial charge in [0.15, 0.2) is 0 Å². The standard InChI is InChI=1S/C10H10ClN/c1-8(10(11)7-12)9-5-3-2-4-6-9/h2-6,8,10H,1H3. The Labute approximate surface area is 77.6 Å². The van der Waals surface area contributed by atoms with Crippen LogP contribution in [0.25, 0.3) is 0 Å². The molecule has 0 spiro atoms. The molecule has 0 aliphatic carbocycles. The number of halogens is 1. The first-order chi connectivity index (χ1) is 5.75. The Morgan fingerprint density at radius 2 is 1.92 bits per heavy atom. The molecule has 2 heteroatoms. The van der Waals surface area contributed by atoms with Crippen LogP contribution >= 0.6 is 11.6 Å². The normalized spacial score (nSPS) is 14.8. The van der Waals surface area contributed by atoms with E-state index in [1.807, 2.05) is 43.3 Å². The number of hydrogen-bond donors (Lipinski definition) is 0. The predicted molar refractivity (Wildman–Crippen MR) is 50.1 cm³/mol. The highest BCUT2D eigenvalue weighted by atomic mass is 35.5. The lowest BCUT2D eigenvalue weighted by atomic mass is 9.98. The molecule has 0 fully saturated rings. The fraction of sp³-hybridized carbons (Fsp3) is 0.300. The zero-order valence-electron chi connectivity index (χ0n) is 6.87. The molecule has 0 N–H and O–H groups in total. The van der Waals surface area contributed by atoms with Gasteiger partial charge in [0.05, 0.1) is 6.07 Å². The summed E-state index contributed by atoms with van der Waals surface area (Å²) in [6.45, 7) is 1.95. The summed E-state index contributed by atoms with van der Waals surface area (Å²) in [6, 6.07) is 11.8. The van der Waals surface area contributed by atoms with Crippen LogP contribution in [0.2, 0.25) is 0 Å². The number of nitrogens with zero attached hydrogens (tertiary/aromatic N) is 1. The second-order valence-corrected chi connectivity index (χ2v) is 3.20. The van der Waals surface area contributed by atoms with Crippen molar-refractivity contribution in [1.29, 1.82) is 5.26 Å². The first-order valence-electron chi connectivity index (χ1n) is 3.84. The van der Waals surface area contributed by atoms with Gasteiger partial charge >= 0.3 is 0 Å². The zero-order valence-corrected chi connectivity index (χ0v) is 7.62. The first kappa shape index (κ1) is 9.09. The second-order valence-electron chi connectivity index (χ2n) is 2.73. The Hall–Kier alpha value is -1.00. The van der Waals surface area contributed by atoms with Crippen LogP contribution < -0.4 is 0 Å². The molecule has 2 atom stereocenters. The molecule has 0 saturated carbocycles. The van der Waals surface area contributed by atoms with Gasteiger partial charge in [-0.25, -0.2) is 0 Å². The molecule has 0 amide bonds. The average molecular weight is 180 g/mol. The van der Waals surface area contributed by atoms with Gasteiger partial charge in [-0.05, 0) is 5.56 Å². The van der Waals surface area contributed by atoms with Crippen molar-refractivity contribution < 1.29 is 0 Å². The highest BCUT2D eigenvalue weighted by molar-refractivity contribution is 6.22. The minimum Gasteiger partial charge on any atom is -0.197 e. The zero-order chi connectivity index (χ0) is 8.97. The van der Waals surface area contributed by atoms with Crippen molar-refractivity contribution in [2.75, 3.05) is 0 Å². The van der Waals surface area contributed by atoms with Crippen LogP contribution in [0.4, 0.5) is 0 Å². The Morgan fingerprint density at radius 1 is 1.33 bits per heavy atom. The third kappa shape index (κ3) is 1.99. The molecule has 0 saturated heterocycles. The van der Waals surface area contributed by atoms with Crippen molar-refractivity contribution in [2.24, 2.45) is 0 Å². The minimum atomic E-state index is -0.438. The third-order valence-corrected chi connectivity index (χ3v) is 2.36. The van der Waals surface area contributed by atoms with Crippen LogP contribution in [0.1, 0.15) is 18.4 Å². The topological polar surface area (TPSA) is 23.8 Å². The van der Waals surface area contributed by atoms with Crippen molar-refractivity contribution in [1.82, 2.24) is 0 Å². The molecule has 2 unspecified atom stereocenters. The van der Waals surface area contributed by atoms with Crippen molar-refractivity contribution in [3.8, 4) is 6.07 Å². The van der Waals surface area contributed by atoms with Gasteiger partial charge < -0.3 is 0 Å². The maximum absolute atomic E-state index is 8.58. The summed E-state index contributed by atoms with van der Waals surface area (Å²) in [5.74, 6) is 0.0952. The summed E-state index contributed by atoms with van der Waals surface area (Å²) < 4.78 is 0. The lowest BCUT2D eigenvalue weighted by Crippen LogP contribution is -2.06. The molecule has 12 heavy (non-hydrogen) atoms. The molecule has 1 nitrogen and oxygen atoms in total. The average Bonchev–Trinajstić information content (AvgIpc) is 2.17. The third-order valence-electron chi connectivity index (χ3n) is 1.89. The molecular formula is C10H10ClN. The summed E-state index contributed by atoms with van der Waals surface area (Å²) in [7, 11) is 0. The quantitative estimate of drug-likeness (QED) is 0.641. The number of rotatable bonds is 2. The van der Waals surface area contributed by atoms with E-state index in [0.29, 0.717) is 0 Å². The summed E-state index contributed by atoms with van der Waals surface area (Å²) in [6.07, 6.45) is 0. The van der Waals surface area contributed by atoms with Gasteiger partial charge in [-0.2, -0.15) is 5.26 Å². The van der Waals surface area contributed by atoms with Gasteiger partial charge in [-0.15, -0.1) is 11.6 Å². The first-order valence-corrected chi connectivity index (χ1v) is 4.28. The van der Waals surface area contributed by atoms with E-state index in [1.165, 1.54) is 0 Å². The Morgan fingerprint density at radius 3 is 2.42 bits per heavy atom. The fourth-order valence-corrected chi connectivity index (χ4v) is 1.18. The van der Waals surface area contributed by atoms with Gasteiger partial charge in [0.2, 0.25) is 0 Å². The van der Waals surface area contributed by atoms with Gasteiger partial charge in [0.25, 0.3) is 0 Å². The second kappa shape index (κ2) is 4.13. The van der Waals surface area contributed by atoms with Gasteiger partial charge in [-0.3, -0.25) is 0 Å². The summed E-state index contributed by atoms with van der Waals surface area (Å²) >= 11 is 5.79. The van der Waals surface area contributed by atoms with E-state index in [1.54, 1.807) is 0 Å². The monoisotopic (exact) mass is 179 g/mol. The maximum atomic E-state index is 8.58. The number of alkyl halides is 1. The van der Waals surface area contributed by atoms with Crippen LogP contribution in [-0.2, 0) is 0 Å². The van der Waals surface area contributed by atoms with Crippen LogP contribution in [0.5, 0.6) is 0 Å². The van der Waals surface area contributed by atoms with E-state index in [0.717, 1.165) is 5.56 Å². The van der Waals surface area contributed by atoms with Crippen molar-refractivity contribution >= 4 is 11.6 Å². The van der Waals surface area contributed by atoms with Crippen molar-refractivity contribution in [2.45, 2.75) is 18.2 Å². The molecule has 0 heterocycles. The molecule has 1 rings (SSSR count).